The molecule has 0 aromatic carbocycles. The van der Waals surface area contributed by atoms with Gasteiger partial charge in [-0.25, -0.2) is 4.79 Å². The summed E-state index contributed by atoms with van der Waals surface area (Å²) in [5.41, 5.74) is 6.08. The van der Waals surface area contributed by atoms with E-state index >= 15 is 0 Å². The molecule has 0 radical (unpaired) electrons. The first-order valence-corrected chi connectivity index (χ1v) is 9.19. The van der Waals surface area contributed by atoms with Crippen molar-refractivity contribution in [2.75, 3.05) is 26.5 Å². The van der Waals surface area contributed by atoms with Crippen molar-refractivity contribution in [1.82, 2.24) is 20.7 Å². The smallest absolute Gasteiger partial charge is 0.341 e. The molecular formula is C17H19N5O4S2. The number of thiophene rings is 1. The summed E-state index contributed by atoms with van der Waals surface area (Å²) in [7, 11) is 4.49. The molecule has 3 N–H and O–H groups in total. The molecule has 2 amide bonds. The number of hydrogen-bond acceptors (Lipinski definition) is 7. The predicted octanol–water partition coefficient (Wildman–Crippen LogP) is 1.57. The second-order valence-corrected chi connectivity index (χ2v) is 7.15. The highest BCUT2D eigenvalue weighted by molar-refractivity contribution is 7.80. The number of nitrogens with zero attached hydrogens (tertiary/aromatic N) is 2. The molecule has 0 aliphatic rings. The summed E-state index contributed by atoms with van der Waals surface area (Å²) in [6.07, 6.45) is 2.98. The molecule has 0 fully saturated rings. The molecule has 2 rings (SSSR count). The van der Waals surface area contributed by atoms with E-state index < -0.39 is 11.9 Å². The molecule has 148 valence electrons. The van der Waals surface area contributed by atoms with Gasteiger partial charge in [-0.3, -0.25) is 25.4 Å². The van der Waals surface area contributed by atoms with E-state index in [1.807, 2.05) is 0 Å². The third-order valence-electron chi connectivity index (χ3n) is 3.60. The molecule has 0 aliphatic heterocycles. The van der Waals surface area contributed by atoms with Gasteiger partial charge in [0.05, 0.1) is 17.6 Å². The largest absolute Gasteiger partial charge is 0.465 e. The average Bonchev–Trinajstić information content (AvgIpc) is 3.01. The van der Waals surface area contributed by atoms with Crippen LogP contribution >= 0.6 is 23.6 Å². The van der Waals surface area contributed by atoms with Crippen LogP contribution in [-0.2, 0) is 4.74 Å². The maximum atomic E-state index is 12.3. The first kappa shape index (κ1) is 21.3. The summed E-state index contributed by atoms with van der Waals surface area (Å²) in [6.45, 7) is 1.66. The van der Waals surface area contributed by atoms with Crippen molar-refractivity contribution < 1.29 is 19.1 Å². The number of ether oxygens (including phenoxy) is 1. The first-order valence-electron chi connectivity index (χ1n) is 7.97. The van der Waals surface area contributed by atoms with Gasteiger partial charge < -0.3 is 15.0 Å². The average molecular weight is 422 g/mol. The number of methoxy groups -OCH3 is 1. The van der Waals surface area contributed by atoms with Crippen LogP contribution in [0, 0.1) is 6.92 Å². The summed E-state index contributed by atoms with van der Waals surface area (Å²) in [6, 6.07) is 3.09. The highest BCUT2D eigenvalue weighted by Crippen LogP contribution is 2.34. The van der Waals surface area contributed by atoms with Crippen molar-refractivity contribution >= 4 is 51.5 Å². The van der Waals surface area contributed by atoms with Gasteiger partial charge in [-0.05, 0) is 36.8 Å². The monoisotopic (exact) mass is 421 g/mol. The van der Waals surface area contributed by atoms with E-state index in [9.17, 15) is 14.4 Å². The van der Waals surface area contributed by atoms with Gasteiger partial charge in [0.15, 0.2) is 5.11 Å². The zero-order valence-corrected chi connectivity index (χ0v) is 17.3. The van der Waals surface area contributed by atoms with Crippen molar-refractivity contribution in [2.45, 2.75) is 6.92 Å². The van der Waals surface area contributed by atoms with Gasteiger partial charge in [0.2, 0.25) is 0 Å². The number of amides is 2. The van der Waals surface area contributed by atoms with E-state index in [2.05, 4.69) is 21.2 Å². The Bertz CT molecular complexity index is 912. The predicted molar refractivity (Wildman–Crippen MR) is 109 cm³/mol. The number of hydrogen-bond donors (Lipinski definition) is 3. The lowest BCUT2D eigenvalue weighted by molar-refractivity contribution is 0.0601. The zero-order chi connectivity index (χ0) is 20.8. The Kier molecular flexibility index (Phi) is 7.01. The van der Waals surface area contributed by atoms with E-state index in [0.717, 1.165) is 11.3 Å². The molecule has 11 heteroatoms. The molecule has 0 spiro atoms. The van der Waals surface area contributed by atoms with Crippen molar-refractivity contribution in [2.24, 2.45) is 0 Å². The molecule has 2 aromatic heterocycles. The number of rotatable bonds is 4. The number of anilines is 1. The zero-order valence-electron chi connectivity index (χ0n) is 15.7. The van der Waals surface area contributed by atoms with Crippen LogP contribution in [0.3, 0.4) is 0 Å². The summed E-state index contributed by atoms with van der Waals surface area (Å²) in [4.78, 5) is 42.2. The Balaban J connectivity index is 2.16. The third kappa shape index (κ3) is 4.81. The fraction of sp³-hybridized carbons (Fsp3) is 0.235. The standard InChI is InChI=1S/C17H19N5O4S2/c1-9-11(16(25)26-4)14(28-12(9)15(24)22(2)3)19-17(27)21-20-13(23)10-5-7-18-8-6-10/h5-8H,1-4H3,(H,20,23)(H2,19,21,27). The number of nitrogens with one attached hydrogen (secondary N) is 3. The van der Waals surface area contributed by atoms with Gasteiger partial charge in [-0.1, -0.05) is 0 Å². The Morgan fingerprint density at radius 3 is 2.39 bits per heavy atom. The minimum Gasteiger partial charge on any atom is -0.465 e. The highest BCUT2D eigenvalue weighted by Gasteiger charge is 2.26. The van der Waals surface area contributed by atoms with Crippen LogP contribution in [0.2, 0.25) is 0 Å². The molecule has 28 heavy (non-hydrogen) atoms. The van der Waals surface area contributed by atoms with Gasteiger partial charge in [0, 0.05) is 32.1 Å². The van der Waals surface area contributed by atoms with Crippen LogP contribution in [0.4, 0.5) is 5.00 Å². The van der Waals surface area contributed by atoms with E-state index in [1.165, 1.54) is 24.4 Å². The van der Waals surface area contributed by atoms with Crippen LogP contribution in [0.25, 0.3) is 0 Å². The number of thiocarbonyl (C=S) groups is 1. The van der Waals surface area contributed by atoms with Gasteiger partial charge in [-0.2, -0.15) is 0 Å². The van der Waals surface area contributed by atoms with Gasteiger partial charge in [-0.15, -0.1) is 11.3 Å². The normalized spacial score (nSPS) is 10.0. The molecule has 0 aliphatic carbocycles. The van der Waals surface area contributed by atoms with Crippen LogP contribution in [0.1, 0.15) is 36.0 Å². The van der Waals surface area contributed by atoms with Crippen LogP contribution < -0.4 is 16.2 Å². The Morgan fingerprint density at radius 1 is 1.18 bits per heavy atom. The number of esters is 1. The molecule has 0 unspecified atom stereocenters. The minimum absolute atomic E-state index is 0.0395. The maximum absolute atomic E-state index is 12.3. The first-order chi connectivity index (χ1) is 13.3. The minimum atomic E-state index is -0.599. The Labute approximate surface area is 171 Å². The second kappa shape index (κ2) is 9.24. The summed E-state index contributed by atoms with van der Waals surface area (Å²) in [5, 5.41) is 3.21. The lowest BCUT2D eigenvalue weighted by Gasteiger charge is -2.11. The Hall–Kier alpha value is -3.05. The van der Waals surface area contributed by atoms with Crippen molar-refractivity contribution in [1.29, 1.82) is 0 Å². The molecule has 0 saturated carbocycles. The molecule has 2 heterocycles. The van der Waals surface area contributed by atoms with E-state index in [0.29, 0.717) is 21.0 Å². The summed E-state index contributed by atoms with van der Waals surface area (Å²) >= 11 is 6.24. The topological polar surface area (TPSA) is 113 Å². The fourth-order valence-corrected chi connectivity index (χ4v) is 3.62. The van der Waals surface area contributed by atoms with Gasteiger partial charge in [0.1, 0.15) is 5.00 Å². The SMILES string of the molecule is COC(=O)c1c(NC(=S)NNC(=O)c2ccncc2)sc(C(=O)N(C)C)c1C. The lowest BCUT2D eigenvalue weighted by Crippen LogP contribution is -2.43. The van der Waals surface area contributed by atoms with Crippen LogP contribution in [-0.4, -0.2) is 54.0 Å². The molecule has 0 bridgehead atoms. The van der Waals surface area contributed by atoms with Gasteiger partial charge in [0.25, 0.3) is 11.8 Å². The molecule has 0 atom stereocenters. The maximum Gasteiger partial charge on any atom is 0.341 e. The van der Waals surface area contributed by atoms with Gasteiger partial charge >= 0.3 is 5.97 Å². The number of hydrazine groups is 1. The van der Waals surface area contributed by atoms with Crippen molar-refractivity contribution in [3.8, 4) is 0 Å². The van der Waals surface area contributed by atoms with Crippen molar-refractivity contribution in [3.63, 3.8) is 0 Å². The van der Waals surface area contributed by atoms with Crippen LogP contribution in [0.5, 0.6) is 0 Å². The van der Waals surface area contributed by atoms with E-state index in [-0.39, 0.29) is 16.6 Å². The fourth-order valence-electron chi connectivity index (χ4n) is 2.18. The second-order valence-electron chi connectivity index (χ2n) is 5.72. The molecular weight excluding hydrogens is 402 g/mol. The van der Waals surface area contributed by atoms with Crippen LogP contribution in [0.15, 0.2) is 24.5 Å². The summed E-state index contributed by atoms with van der Waals surface area (Å²) < 4.78 is 4.81. The third-order valence-corrected chi connectivity index (χ3v) is 5.00. The van der Waals surface area contributed by atoms with E-state index in [4.69, 9.17) is 17.0 Å². The lowest BCUT2D eigenvalue weighted by atomic mass is 10.1. The molecule has 9 nitrogen and oxygen atoms in total. The van der Waals surface area contributed by atoms with Crippen molar-refractivity contribution in [3.05, 3.63) is 46.1 Å². The summed E-state index contributed by atoms with van der Waals surface area (Å²) in [5.74, 6) is -1.26. The highest BCUT2D eigenvalue weighted by atomic mass is 32.1. The Morgan fingerprint density at radius 2 is 1.82 bits per heavy atom. The molecule has 2 aromatic rings. The van der Waals surface area contributed by atoms with E-state index in [1.54, 1.807) is 33.2 Å². The number of carbonyl (C=O) groups excluding carboxylic acids is 3. The quantitative estimate of drug-likeness (QED) is 0.387. The number of carbonyl (C=O) groups is 3. The molecule has 0 saturated heterocycles. The number of pyridine rings is 1. The number of aromatic nitrogens is 1.